The molecule has 0 radical (unpaired) electrons. The first-order chi connectivity index (χ1) is 8.61. The predicted molar refractivity (Wildman–Crippen MR) is 62.9 cm³/mol. The lowest BCUT2D eigenvalue weighted by Crippen LogP contribution is -2.32. The zero-order valence-corrected chi connectivity index (χ0v) is 9.95. The summed E-state index contributed by atoms with van der Waals surface area (Å²) in [6.07, 6.45) is 3.34. The second-order valence-corrected chi connectivity index (χ2v) is 3.29. The summed E-state index contributed by atoms with van der Waals surface area (Å²) in [5.41, 5.74) is 6.00. The summed E-state index contributed by atoms with van der Waals surface area (Å²) in [5, 5.41) is 24.6. The van der Waals surface area contributed by atoms with E-state index < -0.39 is 12.0 Å². The molecule has 0 saturated heterocycles. The second kappa shape index (κ2) is 10.7. The Labute approximate surface area is 104 Å². The Morgan fingerprint density at radius 3 is 2.44 bits per heavy atom. The Morgan fingerprint density at radius 1 is 1.44 bits per heavy atom. The summed E-state index contributed by atoms with van der Waals surface area (Å²) < 4.78 is 4.63. The van der Waals surface area contributed by atoms with Crippen LogP contribution in [0.15, 0.2) is 12.5 Å². The fourth-order valence-electron chi connectivity index (χ4n) is 0.952. The number of aromatic amines is 1. The van der Waals surface area contributed by atoms with Crippen LogP contribution >= 0.6 is 0 Å². The number of hydrogen-bond donors (Lipinski definition) is 5. The minimum atomic E-state index is -1.00. The monoisotopic (exact) mass is 261 g/mol. The number of nitrogens with two attached hydrogens (primary N) is 1. The number of carboxylic acid groups (broad SMARTS) is 1. The molecule has 1 atom stereocenters. The molecule has 6 N–H and O–H groups in total. The molecule has 8 nitrogen and oxygen atoms in total. The molecule has 0 amide bonds. The zero-order chi connectivity index (χ0) is 13.8. The van der Waals surface area contributed by atoms with Gasteiger partial charge in [0, 0.05) is 18.3 Å². The van der Waals surface area contributed by atoms with E-state index in [4.69, 9.17) is 21.1 Å². The Morgan fingerprint density at radius 2 is 2.06 bits per heavy atom. The number of carbonyl (C=O) groups is 1. The summed E-state index contributed by atoms with van der Waals surface area (Å²) in [5.74, 6) is -1.00. The third kappa shape index (κ3) is 8.65. The molecule has 1 unspecified atom stereocenters. The van der Waals surface area contributed by atoms with Crippen molar-refractivity contribution in [2.24, 2.45) is 5.73 Å². The van der Waals surface area contributed by atoms with Gasteiger partial charge in [0.25, 0.3) is 0 Å². The molecule has 0 bridgehead atoms. The van der Waals surface area contributed by atoms with Crippen LogP contribution in [0.1, 0.15) is 5.69 Å². The summed E-state index contributed by atoms with van der Waals surface area (Å²) in [6.45, 7) is 0.696. The predicted octanol–water partition coefficient (Wildman–Crippen LogP) is -1.65. The van der Waals surface area contributed by atoms with Crippen molar-refractivity contribution in [3.63, 3.8) is 0 Å². The lowest BCUT2D eigenvalue weighted by Gasteiger charge is -2.02. The van der Waals surface area contributed by atoms with E-state index in [-0.39, 0.29) is 19.6 Å². The Bertz CT molecular complexity index is 300. The maximum Gasteiger partial charge on any atom is 0.320 e. The van der Waals surface area contributed by atoms with Gasteiger partial charge in [-0.3, -0.25) is 4.79 Å². The van der Waals surface area contributed by atoms with Crippen LogP contribution in [-0.2, 0) is 16.0 Å². The van der Waals surface area contributed by atoms with Gasteiger partial charge in [-0.15, -0.1) is 0 Å². The van der Waals surface area contributed by atoms with Gasteiger partial charge in [0.2, 0.25) is 0 Å². The van der Waals surface area contributed by atoms with Gasteiger partial charge in [0.05, 0.1) is 32.8 Å². The van der Waals surface area contributed by atoms with Crippen LogP contribution in [0, 0.1) is 0 Å². The van der Waals surface area contributed by atoms with Crippen molar-refractivity contribution in [3.8, 4) is 0 Å². The normalized spacial score (nSPS) is 11.5. The SMILES string of the molecule is NC(Cc1cnc[nH]1)C(=O)O.OCCOCCO. The van der Waals surface area contributed by atoms with E-state index in [2.05, 4.69) is 14.7 Å². The molecule has 1 heterocycles. The smallest absolute Gasteiger partial charge is 0.320 e. The fourth-order valence-corrected chi connectivity index (χ4v) is 0.952. The van der Waals surface area contributed by atoms with Gasteiger partial charge in [-0.1, -0.05) is 0 Å². The molecule has 0 aliphatic carbocycles. The van der Waals surface area contributed by atoms with Crippen LogP contribution in [0.5, 0.6) is 0 Å². The van der Waals surface area contributed by atoms with Crippen LogP contribution in [0.3, 0.4) is 0 Å². The lowest BCUT2D eigenvalue weighted by molar-refractivity contribution is -0.138. The lowest BCUT2D eigenvalue weighted by atomic mass is 10.2. The van der Waals surface area contributed by atoms with Crippen molar-refractivity contribution < 1.29 is 24.9 Å². The highest BCUT2D eigenvalue weighted by atomic mass is 16.5. The zero-order valence-electron chi connectivity index (χ0n) is 9.95. The number of aliphatic hydroxyl groups is 2. The molecule has 1 rings (SSSR count). The number of imidazole rings is 1. The molecule has 8 heteroatoms. The van der Waals surface area contributed by atoms with Gasteiger partial charge >= 0.3 is 5.97 Å². The van der Waals surface area contributed by atoms with Crippen molar-refractivity contribution in [3.05, 3.63) is 18.2 Å². The number of aromatic nitrogens is 2. The highest BCUT2D eigenvalue weighted by Crippen LogP contribution is 1.95. The van der Waals surface area contributed by atoms with Gasteiger partial charge in [0.1, 0.15) is 6.04 Å². The Balaban J connectivity index is 0.000000360. The van der Waals surface area contributed by atoms with E-state index in [1.807, 2.05) is 0 Å². The molecule has 0 fully saturated rings. The first-order valence-corrected chi connectivity index (χ1v) is 5.37. The van der Waals surface area contributed by atoms with E-state index >= 15 is 0 Å². The highest BCUT2D eigenvalue weighted by Gasteiger charge is 2.11. The number of carboxylic acids is 1. The van der Waals surface area contributed by atoms with Gasteiger partial charge in [-0.05, 0) is 0 Å². The molecule has 0 aromatic carbocycles. The fraction of sp³-hybridized carbons (Fsp3) is 0.600. The maximum absolute atomic E-state index is 10.3. The van der Waals surface area contributed by atoms with E-state index in [9.17, 15) is 4.79 Å². The number of nitrogens with one attached hydrogen (secondary N) is 1. The summed E-state index contributed by atoms with van der Waals surface area (Å²) in [4.78, 5) is 16.8. The summed E-state index contributed by atoms with van der Waals surface area (Å²) in [7, 11) is 0. The Kier molecular flexibility index (Phi) is 9.78. The van der Waals surface area contributed by atoms with Crippen molar-refractivity contribution in [1.29, 1.82) is 0 Å². The van der Waals surface area contributed by atoms with Gasteiger partial charge in [0.15, 0.2) is 0 Å². The minimum Gasteiger partial charge on any atom is -0.480 e. The molecule has 0 spiro atoms. The van der Waals surface area contributed by atoms with Crippen LogP contribution in [-0.4, -0.2) is 63.7 Å². The molecule has 18 heavy (non-hydrogen) atoms. The van der Waals surface area contributed by atoms with Gasteiger partial charge in [-0.25, -0.2) is 4.98 Å². The quantitative estimate of drug-likeness (QED) is 0.370. The summed E-state index contributed by atoms with van der Waals surface area (Å²) >= 11 is 0. The van der Waals surface area contributed by atoms with E-state index in [1.165, 1.54) is 6.33 Å². The van der Waals surface area contributed by atoms with Crippen LogP contribution in [0.4, 0.5) is 0 Å². The van der Waals surface area contributed by atoms with Crippen molar-refractivity contribution >= 4 is 5.97 Å². The third-order valence-electron chi connectivity index (χ3n) is 1.78. The van der Waals surface area contributed by atoms with E-state index in [1.54, 1.807) is 6.20 Å². The molecule has 0 aliphatic heterocycles. The average Bonchev–Trinajstić information content (AvgIpc) is 2.83. The standard InChI is InChI=1S/C6H9N3O2.C4H10O3/c7-5(6(10)11)1-4-2-8-3-9-4;5-1-3-7-4-2-6/h2-3,5H,1,7H2,(H,8,9)(H,10,11);5-6H,1-4H2. The van der Waals surface area contributed by atoms with Crippen LogP contribution in [0.2, 0.25) is 0 Å². The largest absolute Gasteiger partial charge is 0.480 e. The van der Waals surface area contributed by atoms with E-state index in [0.29, 0.717) is 13.2 Å². The van der Waals surface area contributed by atoms with Crippen molar-refractivity contribution in [1.82, 2.24) is 9.97 Å². The van der Waals surface area contributed by atoms with Crippen molar-refractivity contribution in [2.45, 2.75) is 12.5 Å². The average molecular weight is 261 g/mol. The number of aliphatic hydroxyl groups excluding tert-OH is 2. The molecule has 104 valence electrons. The van der Waals surface area contributed by atoms with Crippen molar-refractivity contribution in [2.75, 3.05) is 26.4 Å². The number of aliphatic carboxylic acids is 1. The van der Waals surface area contributed by atoms with Crippen LogP contribution < -0.4 is 5.73 Å². The molecular formula is C10H19N3O5. The highest BCUT2D eigenvalue weighted by molar-refractivity contribution is 5.73. The molecule has 0 saturated carbocycles. The second-order valence-electron chi connectivity index (χ2n) is 3.29. The number of rotatable bonds is 7. The van der Waals surface area contributed by atoms with E-state index in [0.717, 1.165) is 5.69 Å². The maximum atomic E-state index is 10.3. The molecule has 0 aliphatic rings. The number of H-pyrrole nitrogens is 1. The van der Waals surface area contributed by atoms with Gasteiger partial charge in [-0.2, -0.15) is 0 Å². The minimum absolute atomic E-state index is 0.0278. The molecule has 1 aromatic rings. The summed E-state index contributed by atoms with van der Waals surface area (Å²) in [6, 6.07) is -0.851. The number of hydrogen-bond acceptors (Lipinski definition) is 6. The van der Waals surface area contributed by atoms with Crippen LogP contribution in [0.25, 0.3) is 0 Å². The number of ether oxygens (including phenoxy) is 1. The topological polar surface area (TPSA) is 142 Å². The first-order valence-electron chi connectivity index (χ1n) is 5.37. The van der Waals surface area contributed by atoms with Gasteiger partial charge < -0.3 is 30.8 Å². The molecule has 1 aromatic heterocycles. The number of nitrogens with zero attached hydrogens (tertiary/aromatic N) is 1. The first kappa shape index (κ1) is 16.5. The third-order valence-corrected chi connectivity index (χ3v) is 1.78. The molecular weight excluding hydrogens is 242 g/mol. The Hall–Kier alpha value is -1.48.